The molecule has 3 rings (SSSR count). The molecule has 0 saturated carbocycles. The van der Waals surface area contributed by atoms with Crippen LogP contribution in [0.25, 0.3) is 0 Å². The predicted molar refractivity (Wildman–Crippen MR) is 93.1 cm³/mol. The molecule has 2 aliphatic heterocycles. The van der Waals surface area contributed by atoms with Crippen LogP contribution in [0.15, 0.2) is 12.1 Å². The van der Waals surface area contributed by atoms with Gasteiger partial charge in [0.05, 0.1) is 25.6 Å². The summed E-state index contributed by atoms with van der Waals surface area (Å²) in [4.78, 5) is 0. The van der Waals surface area contributed by atoms with E-state index >= 15 is 0 Å². The molecule has 0 amide bonds. The van der Waals surface area contributed by atoms with E-state index < -0.39 is 27.6 Å². The minimum absolute atomic E-state index is 0.0206. The Morgan fingerprint density at radius 3 is 2.62 bits per heavy atom. The Morgan fingerprint density at radius 2 is 2.04 bits per heavy atom. The standard InChI is InChI=1S/C18H25F2NO4S/c1-12-3-2-4-26(23,24)21(12)8-14-6-18(20)16(7-17(14)19)15(9-22)5-13-10-25-11-13/h6-7,12-13,15,22H,2-5,8-11H2,1H3/t12-,15?/m0/s1. The first-order chi connectivity index (χ1) is 12.3. The molecule has 8 heteroatoms. The Bertz CT molecular complexity index is 752. The van der Waals surface area contributed by atoms with Crippen molar-refractivity contribution in [1.82, 2.24) is 4.31 Å². The van der Waals surface area contributed by atoms with E-state index in [-0.39, 0.29) is 42.0 Å². The molecule has 0 aromatic heterocycles. The average molecular weight is 389 g/mol. The van der Waals surface area contributed by atoms with Gasteiger partial charge in [0, 0.05) is 30.0 Å². The van der Waals surface area contributed by atoms with Crippen molar-refractivity contribution in [1.29, 1.82) is 0 Å². The second-order valence-corrected chi connectivity index (χ2v) is 9.38. The first-order valence-corrected chi connectivity index (χ1v) is 10.6. The highest BCUT2D eigenvalue weighted by Gasteiger charge is 2.32. The zero-order valence-electron chi connectivity index (χ0n) is 14.8. The highest BCUT2D eigenvalue weighted by Crippen LogP contribution is 2.31. The summed E-state index contributed by atoms with van der Waals surface area (Å²) in [6.07, 6.45) is 1.82. The quantitative estimate of drug-likeness (QED) is 0.811. The van der Waals surface area contributed by atoms with E-state index in [1.807, 2.05) is 0 Å². The largest absolute Gasteiger partial charge is 0.396 e. The van der Waals surface area contributed by atoms with Gasteiger partial charge in [0.25, 0.3) is 0 Å². The van der Waals surface area contributed by atoms with Crippen molar-refractivity contribution < 1.29 is 27.0 Å². The fourth-order valence-corrected chi connectivity index (χ4v) is 5.43. The summed E-state index contributed by atoms with van der Waals surface area (Å²) in [7, 11) is -3.45. The number of rotatable bonds is 6. The Kier molecular flexibility index (Phi) is 5.96. The van der Waals surface area contributed by atoms with E-state index in [1.165, 1.54) is 4.31 Å². The van der Waals surface area contributed by atoms with E-state index in [9.17, 15) is 22.3 Å². The molecule has 2 aliphatic rings. The van der Waals surface area contributed by atoms with Gasteiger partial charge in [-0.1, -0.05) is 0 Å². The molecule has 2 atom stereocenters. The van der Waals surface area contributed by atoms with Crippen LogP contribution in [0, 0.1) is 17.6 Å². The first-order valence-electron chi connectivity index (χ1n) is 8.97. The third kappa shape index (κ3) is 4.08. The third-order valence-corrected chi connectivity index (χ3v) is 7.36. The zero-order valence-corrected chi connectivity index (χ0v) is 15.6. The van der Waals surface area contributed by atoms with Crippen LogP contribution in [0.1, 0.15) is 43.2 Å². The lowest BCUT2D eigenvalue weighted by molar-refractivity contribution is -0.0406. The minimum atomic E-state index is -3.45. The average Bonchev–Trinajstić information content (AvgIpc) is 2.53. The lowest BCUT2D eigenvalue weighted by Crippen LogP contribution is -2.43. The number of benzene rings is 1. The number of halogens is 2. The molecule has 1 N–H and O–H groups in total. The van der Waals surface area contributed by atoms with Gasteiger partial charge < -0.3 is 9.84 Å². The van der Waals surface area contributed by atoms with E-state index in [4.69, 9.17) is 4.74 Å². The molecule has 1 unspecified atom stereocenters. The summed E-state index contributed by atoms with van der Waals surface area (Å²) in [5, 5.41) is 9.58. The lowest BCUT2D eigenvalue weighted by atomic mass is 9.87. The number of ether oxygens (including phenoxy) is 1. The van der Waals surface area contributed by atoms with Crippen molar-refractivity contribution in [2.75, 3.05) is 25.6 Å². The van der Waals surface area contributed by atoms with Gasteiger partial charge in [-0.15, -0.1) is 0 Å². The molecule has 1 aromatic carbocycles. The molecule has 2 saturated heterocycles. The molecule has 0 bridgehead atoms. The maximum Gasteiger partial charge on any atom is 0.214 e. The molecule has 5 nitrogen and oxygen atoms in total. The summed E-state index contributed by atoms with van der Waals surface area (Å²) in [6.45, 7) is 2.48. The van der Waals surface area contributed by atoms with Gasteiger partial charge in [-0.3, -0.25) is 0 Å². The van der Waals surface area contributed by atoms with Crippen LogP contribution in [0.5, 0.6) is 0 Å². The lowest BCUT2D eigenvalue weighted by Gasteiger charge is -2.33. The Labute approximate surface area is 153 Å². The second kappa shape index (κ2) is 7.88. The number of hydrogen-bond donors (Lipinski definition) is 1. The molecule has 1 aromatic rings. The van der Waals surface area contributed by atoms with Crippen molar-refractivity contribution in [2.45, 2.75) is 44.7 Å². The van der Waals surface area contributed by atoms with E-state index in [1.54, 1.807) is 6.92 Å². The van der Waals surface area contributed by atoms with Gasteiger partial charge in [0.2, 0.25) is 10.0 Å². The molecular formula is C18H25F2NO4S. The molecule has 26 heavy (non-hydrogen) atoms. The SMILES string of the molecule is C[C@H]1CCCS(=O)(=O)N1Cc1cc(F)c(C(CO)CC2COC2)cc1F. The predicted octanol–water partition coefficient (Wildman–Crippen LogP) is 2.39. The number of hydrogen-bond acceptors (Lipinski definition) is 4. The van der Waals surface area contributed by atoms with Crippen molar-refractivity contribution in [2.24, 2.45) is 5.92 Å². The molecular weight excluding hydrogens is 364 g/mol. The highest BCUT2D eigenvalue weighted by atomic mass is 32.2. The fourth-order valence-electron chi connectivity index (χ4n) is 3.68. The fraction of sp³-hybridized carbons (Fsp3) is 0.667. The summed E-state index contributed by atoms with van der Waals surface area (Å²) >= 11 is 0. The molecule has 2 heterocycles. The summed E-state index contributed by atoms with van der Waals surface area (Å²) in [5.74, 6) is -1.46. The van der Waals surface area contributed by atoms with Gasteiger partial charge in [-0.25, -0.2) is 17.2 Å². The Morgan fingerprint density at radius 1 is 1.31 bits per heavy atom. The topological polar surface area (TPSA) is 66.8 Å². The minimum Gasteiger partial charge on any atom is -0.396 e. The first kappa shape index (κ1) is 19.7. The van der Waals surface area contributed by atoms with Gasteiger partial charge in [-0.05, 0) is 43.9 Å². The highest BCUT2D eigenvalue weighted by molar-refractivity contribution is 7.89. The van der Waals surface area contributed by atoms with Crippen LogP contribution in [0.3, 0.4) is 0 Å². The number of sulfonamides is 1. The molecule has 146 valence electrons. The van der Waals surface area contributed by atoms with E-state index in [2.05, 4.69) is 0 Å². The zero-order chi connectivity index (χ0) is 18.9. The van der Waals surface area contributed by atoms with E-state index in [0.29, 0.717) is 32.5 Å². The van der Waals surface area contributed by atoms with Crippen LogP contribution >= 0.6 is 0 Å². The van der Waals surface area contributed by atoms with Crippen LogP contribution < -0.4 is 0 Å². The molecule has 0 radical (unpaired) electrons. The van der Waals surface area contributed by atoms with E-state index in [0.717, 1.165) is 12.1 Å². The van der Waals surface area contributed by atoms with Crippen LogP contribution in [-0.4, -0.2) is 49.4 Å². The maximum atomic E-state index is 14.6. The molecule has 2 fully saturated rings. The third-order valence-electron chi connectivity index (χ3n) is 5.35. The van der Waals surface area contributed by atoms with Crippen LogP contribution in [0.2, 0.25) is 0 Å². The van der Waals surface area contributed by atoms with Crippen LogP contribution in [-0.2, 0) is 21.3 Å². The molecule has 0 aliphatic carbocycles. The Balaban J connectivity index is 1.82. The maximum absolute atomic E-state index is 14.6. The van der Waals surface area contributed by atoms with Crippen molar-refractivity contribution in [3.63, 3.8) is 0 Å². The van der Waals surface area contributed by atoms with Gasteiger partial charge in [-0.2, -0.15) is 4.31 Å². The van der Waals surface area contributed by atoms with Crippen molar-refractivity contribution >= 4 is 10.0 Å². The molecule has 0 spiro atoms. The van der Waals surface area contributed by atoms with Crippen LogP contribution in [0.4, 0.5) is 8.78 Å². The number of nitrogens with zero attached hydrogens (tertiary/aromatic N) is 1. The normalized spacial score (nSPS) is 25.0. The van der Waals surface area contributed by atoms with Crippen molar-refractivity contribution in [3.05, 3.63) is 34.9 Å². The summed E-state index contributed by atoms with van der Waals surface area (Å²) in [5.41, 5.74) is 0.155. The summed E-state index contributed by atoms with van der Waals surface area (Å²) < 4.78 is 60.0. The summed E-state index contributed by atoms with van der Waals surface area (Å²) in [6, 6.07) is 1.94. The van der Waals surface area contributed by atoms with Gasteiger partial charge in [0.15, 0.2) is 0 Å². The van der Waals surface area contributed by atoms with Gasteiger partial charge >= 0.3 is 0 Å². The monoisotopic (exact) mass is 389 g/mol. The second-order valence-electron chi connectivity index (χ2n) is 7.34. The number of aliphatic hydroxyl groups is 1. The van der Waals surface area contributed by atoms with Gasteiger partial charge in [0.1, 0.15) is 11.6 Å². The van der Waals surface area contributed by atoms with Crippen molar-refractivity contribution in [3.8, 4) is 0 Å². The smallest absolute Gasteiger partial charge is 0.214 e. The number of aliphatic hydroxyl groups excluding tert-OH is 1. The Hall–Kier alpha value is -1.09.